The topological polar surface area (TPSA) is 197 Å². The summed E-state index contributed by atoms with van der Waals surface area (Å²) >= 11 is 0. The van der Waals surface area contributed by atoms with Crippen molar-refractivity contribution >= 4 is 62.5 Å². The molecule has 0 spiro atoms. The minimum Gasteiger partial charge on any atom is -0.309 e. The molecule has 0 saturated carbocycles. The van der Waals surface area contributed by atoms with Gasteiger partial charge in [0.2, 0.25) is 0 Å². The fraction of sp³-hybridized carbons (Fsp3) is 0. The largest absolute Gasteiger partial charge is 0.310 e. The molecule has 0 aliphatic rings. The maximum Gasteiger partial charge on any atom is 0.310 e. The molecule has 3 N–H and O–H groups in total. The van der Waals surface area contributed by atoms with Crippen LogP contribution in [0.1, 0.15) is 0 Å². The summed E-state index contributed by atoms with van der Waals surface area (Å²) in [5, 5.41) is -0.562. The van der Waals surface area contributed by atoms with Gasteiger partial charge < -0.3 is 4.57 Å². The lowest BCUT2D eigenvalue weighted by molar-refractivity contribution is 0.481. The molecule has 1 atom stereocenters. The minimum absolute atomic E-state index is 0.187. The molecule has 0 bridgehead atoms. The van der Waals surface area contributed by atoms with Crippen molar-refractivity contribution < 1.29 is 48.0 Å². The summed E-state index contributed by atoms with van der Waals surface area (Å²) < 4.78 is 120. The molecule has 3 rings (SSSR count). The first kappa shape index (κ1) is 28.0. The Morgan fingerprint density at radius 3 is 0.971 bits per heavy atom. The maximum atomic E-state index is 14.4. The Hall–Kier alpha value is -2.28. The standard InChI is InChI=1S/C18H15O10PS3.H2OP/c19-29(13-4-1-7-16(10-13)30(20,21)22,14-5-2-8-17(11-14)31(23,24)25)15-6-3-9-18(12-15)32(26,27)28;1-2/h1-12H,(H,20,21,22)(H,23,24,25)(H,26,27,28);2H2/q;+1. The predicted octanol–water partition coefficient (Wildman–Crippen LogP) is 1.27. The third-order valence-corrected chi connectivity index (χ3v) is 10.0. The van der Waals surface area contributed by atoms with Crippen molar-refractivity contribution in [2.75, 3.05) is 0 Å². The highest BCUT2D eigenvalue weighted by atomic mass is 32.2. The summed E-state index contributed by atoms with van der Waals surface area (Å²) in [5.41, 5.74) is 0. The van der Waals surface area contributed by atoms with Gasteiger partial charge in [-0.15, -0.1) is 0 Å². The molecule has 1 unspecified atom stereocenters. The third-order valence-electron chi connectivity index (χ3n) is 4.44. The van der Waals surface area contributed by atoms with Crippen molar-refractivity contribution in [3.63, 3.8) is 0 Å². The van der Waals surface area contributed by atoms with Crippen LogP contribution in [0.2, 0.25) is 0 Å². The van der Waals surface area contributed by atoms with Crippen LogP contribution in [-0.4, -0.2) is 38.9 Å². The summed E-state index contributed by atoms with van der Waals surface area (Å²) in [6.07, 6.45) is 0. The first-order valence-corrected chi connectivity index (χ1v) is 15.2. The van der Waals surface area contributed by atoms with Gasteiger partial charge in [-0.3, -0.25) is 13.7 Å². The van der Waals surface area contributed by atoms with E-state index in [-0.39, 0.29) is 15.9 Å². The van der Waals surface area contributed by atoms with E-state index in [9.17, 15) is 43.5 Å². The molecule has 0 amide bonds. The van der Waals surface area contributed by atoms with Gasteiger partial charge >= 0.3 is 9.12 Å². The van der Waals surface area contributed by atoms with Crippen LogP contribution in [0.4, 0.5) is 0 Å². The van der Waals surface area contributed by atoms with Crippen molar-refractivity contribution in [2.45, 2.75) is 14.7 Å². The van der Waals surface area contributed by atoms with E-state index in [4.69, 9.17) is 4.57 Å². The Morgan fingerprint density at radius 2 is 0.765 bits per heavy atom. The highest BCUT2D eigenvalue weighted by Gasteiger charge is 2.33. The molecule has 3 aromatic rings. The highest BCUT2D eigenvalue weighted by Crippen LogP contribution is 2.43. The van der Waals surface area contributed by atoms with Crippen LogP contribution in [-0.2, 0) is 39.5 Å². The highest BCUT2D eigenvalue weighted by molar-refractivity contribution is 7.87. The normalized spacial score (nSPS) is 12.4. The molecule has 0 aliphatic carbocycles. The van der Waals surface area contributed by atoms with Gasteiger partial charge in [0.25, 0.3) is 30.4 Å². The lowest BCUT2D eigenvalue weighted by Crippen LogP contribution is -2.26. The molecule has 0 radical (unpaired) electrons. The van der Waals surface area contributed by atoms with Crippen molar-refractivity contribution in [3.05, 3.63) is 72.8 Å². The van der Waals surface area contributed by atoms with E-state index in [0.29, 0.717) is 0 Å². The SMILES string of the molecule is O=P(c1cccc(S(=O)(=O)O)c1)(c1cccc(S(=O)(=O)O)c1)c1cccc(S(=O)(=O)O)c1.O=[PH2+]. The van der Waals surface area contributed by atoms with Gasteiger partial charge in [-0.05, 0) is 36.4 Å². The Kier molecular flexibility index (Phi) is 8.34. The number of hydrogen-bond donors (Lipinski definition) is 3. The zero-order valence-corrected chi connectivity index (χ0v) is 21.3. The average molecular weight is 567 g/mol. The van der Waals surface area contributed by atoms with Crippen LogP contribution in [0.5, 0.6) is 0 Å². The van der Waals surface area contributed by atoms with Crippen LogP contribution in [0.3, 0.4) is 0 Å². The van der Waals surface area contributed by atoms with Gasteiger partial charge in [0, 0.05) is 15.9 Å². The molecule has 182 valence electrons. The third kappa shape index (κ3) is 6.04. The Balaban J connectivity index is 0.00000199. The monoisotopic (exact) mass is 567 g/mol. The quantitative estimate of drug-likeness (QED) is 0.286. The van der Waals surface area contributed by atoms with E-state index in [1.165, 1.54) is 45.5 Å². The van der Waals surface area contributed by atoms with E-state index < -0.39 is 52.2 Å². The summed E-state index contributed by atoms with van der Waals surface area (Å²) in [6.45, 7) is 0. The van der Waals surface area contributed by atoms with Crippen LogP contribution in [0.15, 0.2) is 87.5 Å². The smallest absolute Gasteiger partial charge is 0.309 e. The summed E-state index contributed by atoms with van der Waals surface area (Å²) in [7, 11) is -17.1. The molecule has 11 nitrogen and oxygen atoms in total. The zero-order valence-electron chi connectivity index (χ0n) is 16.8. The Morgan fingerprint density at radius 1 is 0.529 bits per heavy atom. The molecule has 0 aliphatic heterocycles. The summed E-state index contributed by atoms with van der Waals surface area (Å²) in [6, 6.07) is 13.1. The van der Waals surface area contributed by atoms with E-state index in [2.05, 4.69) is 0 Å². The fourth-order valence-electron chi connectivity index (χ4n) is 2.97. The molecule has 34 heavy (non-hydrogen) atoms. The van der Waals surface area contributed by atoms with E-state index in [1.807, 2.05) is 0 Å². The maximum absolute atomic E-state index is 14.4. The average Bonchev–Trinajstić information content (AvgIpc) is 2.78. The lowest BCUT2D eigenvalue weighted by atomic mass is 10.3. The van der Waals surface area contributed by atoms with E-state index in [1.54, 1.807) is 0 Å². The van der Waals surface area contributed by atoms with Gasteiger partial charge in [0.15, 0.2) is 7.14 Å². The van der Waals surface area contributed by atoms with E-state index in [0.717, 1.165) is 36.4 Å². The zero-order chi connectivity index (χ0) is 25.9. The van der Waals surface area contributed by atoms with Gasteiger partial charge in [0.1, 0.15) is 0 Å². The molecule has 0 heterocycles. The molecule has 3 aromatic carbocycles. The number of hydrogen-bond acceptors (Lipinski definition) is 8. The van der Waals surface area contributed by atoms with Gasteiger partial charge in [-0.1, -0.05) is 41.0 Å². The second-order valence-electron chi connectivity index (χ2n) is 6.53. The summed E-state index contributed by atoms with van der Waals surface area (Å²) in [5.74, 6) is 0. The number of benzene rings is 3. The first-order valence-electron chi connectivity index (χ1n) is 8.71. The van der Waals surface area contributed by atoms with Crippen molar-refractivity contribution in [1.82, 2.24) is 0 Å². The van der Waals surface area contributed by atoms with Crippen LogP contribution in [0.25, 0.3) is 0 Å². The predicted molar refractivity (Wildman–Crippen MR) is 126 cm³/mol. The molecule has 0 saturated heterocycles. The molecule has 16 heteroatoms. The van der Waals surface area contributed by atoms with E-state index >= 15 is 0 Å². The Labute approximate surface area is 197 Å². The van der Waals surface area contributed by atoms with Crippen molar-refractivity contribution in [2.24, 2.45) is 0 Å². The Bertz CT molecular complexity index is 1410. The molecule has 0 aromatic heterocycles. The molecular formula is C18H17O11P2S3+. The molecule has 0 fully saturated rings. The number of rotatable bonds is 6. The lowest BCUT2D eigenvalue weighted by Gasteiger charge is -2.21. The fourth-order valence-corrected chi connectivity index (χ4v) is 7.55. The van der Waals surface area contributed by atoms with Gasteiger partial charge in [0.05, 0.1) is 14.7 Å². The second kappa shape index (κ2) is 10.1. The van der Waals surface area contributed by atoms with Crippen LogP contribution in [0, 0.1) is 0 Å². The van der Waals surface area contributed by atoms with Crippen molar-refractivity contribution in [3.8, 4) is 0 Å². The molecular weight excluding hydrogens is 550 g/mol. The van der Waals surface area contributed by atoms with Crippen LogP contribution >= 0.6 is 16.3 Å². The minimum atomic E-state index is -4.71. The van der Waals surface area contributed by atoms with Gasteiger partial charge in [-0.2, -0.15) is 25.3 Å². The first-order chi connectivity index (χ1) is 15.6. The van der Waals surface area contributed by atoms with Gasteiger partial charge in [-0.25, -0.2) is 0 Å². The second-order valence-corrected chi connectivity index (χ2v) is 13.6. The summed E-state index contributed by atoms with van der Waals surface area (Å²) in [4.78, 5) is -1.81. The van der Waals surface area contributed by atoms with Crippen molar-refractivity contribution in [1.29, 1.82) is 0 Å². The van der Waals surface area contributed by atoms with Crippen LogP contribution < -0.4 is 15.9 Å².